The first kappa shape index (κ1) is 13.1. The van der Waals surface area contributed by atoms with Crippen LogP contribution in [0.3, 0.4) is 0 Å². The van der Waals surface area contributed by atoms with Crippen LogP contribution in [-0.4, -0.2) is 16.7 Å². The molecule has 0 aliphatic rings. The van der Waals surface area contributed by atoms with Crippen LogP contribution >= 0.6 is 0 Å². The highest BCUT2D eigenvalue weighted by Crippen LogP contribution is 2.29. The first-order valence-corrected chi connectivity index (χ1v) is 5.61. The van der Waals surface area contributed by atoms with Gasteiger partial charge in [0.15, 0.2) is 5.82 Å². The number of hydrogen-bond donors (Lipinski definition) is 1. The molecule has 0 spiro atoms. The molecule has 5 heteroatoms. The van der Waals surface area contributed by atoms with Crippen LogP contribution in [-0.2, 0) is 11.3 Å². The Balaban J connectivity index is 2.57. The molecule has 0 aliphatic carbocycles. The van der Waals surface area contributed by atoms with Crippen LogP contribution < -0.4 is 5.73 Å². The lowest BCUT2D eigenvalue weighted by atomic mass is 9.87. The molecule has 0 bridgehead atoms. The third-order valence-electron chi connectivity index (χ3n) is 2.26. The van der Waals surface area contributed by atoms with Crippen molar-refractivity contribution in [3.8, 4) is 0 Å². The molecule has 0 aliphatic heterocycles. The van der Waals surface area contributed by atoms with Crippen molar-refractivity contribution in [1.29, 1.82) is 0 Å². The Morgan fingerprint density at radius 1 is 1.44 bits per heavy atom. The van der Waals surface area contributed by atoms with E-state index in [1.807, 2.05) is 20.8 Å². The number of aromatic nitrogens is 2. The van der Waals surface area contributed by atoms with Gasteiger partial charge in [0.1, 0.15) is 6.61 Å². The van der Waals surface area contributed by atoms with E-state index in [2.05, 4.69) is 17.1 Å². The summed E-state index contributed by atoms with van der Waals surface area (Å²) in [6, 6.07) is -0.250. The minimum Gasteiger partial charge on any atom is -0.373 e. The zero-order chi connectivity index (χ0) is 12.2. The van der Waals surface area contributed by atoms with Gasteiger partial charge in [-0.2, -0.15) is 4.98 Å². The fourth-order valence-electron chi connectivity index (χ4n) is 1.13. The predicted octanol–water partition coefficient (Wildman–Crippen LogP) is 2.04. The van der Waals surface area contributed by atoms with Crippen molar-refractivity contribution in [1.82, 2.24) is 10.1 Å². The van der Waals surface area contributed by atoms with Gasteiger partial charge in [-0.25, -0.2) is 0 Å². The van der Waals surface area contributed by atoms with Gasteiger partial charge in [0, 0.05) is 6.61 Å². The number of hydrogen-bond acceptors (Lipinski definition) is 5. The second-order valence-corrected chi connectivity index (χ2v) is 4.95. The van der Waals surface area contributed by atoms with E-state index in [9.17, 15) is 0 Å². The van der Waals surface area contributed by atoms with Crippen molar-refractivity contribution in [3.05, 3.63) is 11.7 Å². The van der Waals surface area contributed by atoms with E-state index >= 15 is 0 Å². The molecular weight excluding hydrogens is 206 g/mol. The maximum Gasteiger partial charge on any atom is 0.244 e. The third kappa shape index (κ3) is 3.57. The van der Waals surface area contributed by atoms with Gasteiger partial charge in [-0.3, -0.25) is 0 Å². The molecule has 2 N–H and O–H groups in total. The summed E-state index contributed by atoms with van der Waals surface area (Å²) < 4.78 is 10.4. The summed E-state index contributed by atoms with van der Waals surface area (Å²) >= 11 is 0. The Hall–Kier alpha value is -0.940. The summed E-state index contributed by atoms with van der Waals surface area (Å²) in [5, 5.41) is 3.83. The van der Waals surface area contributed by atoms with Gasteiger partial charge in [-0.15, -0.1) is 0 Å². The second-order valence-electron chi connectivity index (χ2n) is 4.95. The van der Waals surface area contributed by atoms with Gasteiger partial charge >= 0.3 is 0 Å². The van der Waals surface area contributed by atoms with Crippen molar-refractivity contribution in [3.63, 3.8) is 0 Å². The van der Waals surface area contributed by atoms with Crippen LogP contribution in [0.4, 0.5) is 0 Å². The summed E-state index contributed by atoms with van der Waals surface area (Å²) in [5.74, 6) is 1.03. The molecule has 92 valence electrons. The van der Waals surface area contributed by atoms with Crippen LogP contribution in [0.25, 0.3) is 0 Å². The molecular formula is C11H21N3O2. The molecule has 1 heterocycles. The molecule has 1 unspecified atom stereocenters. The maximum absolute atomic E-state index is 6.00. The smallest absolute Gasteiger partial charge is 0.244 e. The molecule has 0 amide bonds. The number of rotatable bonds is 5. The van der Waals surface area contributed by atoms with Gasteiger partial charge in [0.2, 0.25) is 5.89 Å². The fraction of sp³-hybridized carbons (Fsp3) is 0.818. The maximum atomic E-state index is 6.00. The second kappa shape index (κ2) is 5.41. The molecule has 0 saturated carbocycles. The van der Waals surface area contributed by atoms with Crippen molar-refractivity contribution in [2.24, 2.45) is 11.1 Å². The molecule has 0 radical (unpaired) electrons. The highest BCUT2D eigenvalue weighted by Gasteiger charge is 2.27. The van der Waals surface area contributed by atoms with Crippen molar-refractivity contribution in [2.75, 3.05) is 6.61 Å². The first-order chi connectivity index (χ1) is 7.45. The molecule has 1 atom stereocenters. The third-order valence-corrected chi connectivity index (χ3v) is 2.26. The highest BCUT2D eigenvalue weighted by atomic mass is 16.5. The molecule has 0 fully saturated rings. The average Bonchev–Trinajstić information content (AvgIpc) is 2.64. The predicted molar refractivity (Wildman–Crippen MR) is 60.6 cm³/mol. The van der Waals surface area contributed by atoms with Gasteiger partial charge < -0.3 is 15.0 Å². The average molecular weight is 227 g/mol. The van der Waals surface area contributed by atoms with E-state index in [1.54, 1.807) is 0 Å². The number of ether oxygens (including phenoxy) is 1. The molecule has 1 aromatic rings. The van der Waals surface area contributed by atoms with Crippen LogP contribution in [0, 0.1) is 5.41 Å². The fourth-order valence-corrected chi connectivity index (χ4v) is 1.13. The lowest BCUT2D eigenvalue weighted by Gasteiger charge is -2.23. The highest BCUT2D eigenvalue weighted by molar-refractivity contribution is 4.95. The molecule has 16 heavy (non-hydrogen) atoms. The first-order valence-electron chi connectivity index (χ1n) is 5.61. The monoisotopic (exact) mass is 227 g/mol. The Kier molecular flexibility index (Phi) is 4.44. The van der Waals surface area contributed by atoms with Crippen LogP contribution in [0.5, 0.6) is 0 Å². The lowest BCUT2D eigenvalue weighted by molar-refractivity contribution is 0.114. The van der Waals surface area contributed by atoms with Crippen molar-refractivity contribution < 1.29 is 9.26 Å². The standard InChI is InChI=1S/C11H21N3O2/c1-5-6-15-7-8-13-10(16-14-8)9(12)11(2,3)4/h9H,5-7,12H2,1-4H3. The van der Waals surface area contributed by atoms with Gasteiger partial charge in [-0.05, 0) is 11.8 Å². The Morgan fingerprint density at radius 2 is 2.12 bits per heavy atom. The number of nitrogens with zero attached hydrogens (tertiary/aromatic N) is 2. The summed E-state index contributed by atoms with van der Waals surface area (Å²) in [4.78, 5) is 4.22. The van der Waals surface area contributed by atoms with Gasteiger partial charge in [0.25, 0.3) is 0 Å². The SMILES string of the molecule is CCCOCc1noc(C(N)C(C)(C)C)n1. The van der Waals surface area contributed by atoms with E-state index in [0.29, 0.717) is 24.9 Å². The molecule has 5 nitrogen and oxygen atoms in total. The van der Waals surface area contributed by atoms with Gasteiger partial charge in [0.05, 0.1) is 6.04 Å². The topological polar surface area (TPSA) is 74.2 Å². The van der Waals surface area contributed by atoms with Crippen LogP contribution in [0.1, 0.15) is 51.9 Å². The van der Waals surface area contributed by atoms with E-state index < -0.39 is 0 Å². The lowest BCUT2D eigenvalue weighted by Crippen LogP contribution is -2.26. The molecule has 0 aromatic carbocycles. The Labute approximate surface area is 96.4 Å². The Bertz CT molecular complexity index is 317. The van der Waals surface area contributed by atoms with E-state index in [0.717, 1.165) is 6.42 Å². The summed E-state index contributed by atoms with van der Waals surface area (Å²) in [6.45, 7) is 9.25. The molecule has 0 saturated heterocycles. The van der Waals surface area contributed by atoms with E-state index in [-0.39, 0.29) is 11.5 Å². The van der Waals surface area contributed by atoms with E-state index in [1.165, 1.54) is 0 Å². The minimum absolute atomic E-state index is 0.0892. The summed E-state index contributed by atoms with van der Waals surface area (Å²) in [6.07, 6.45) is 0.978. The van der Waals surface area contributed by atoms with Crippen LogP contribution in [0.2, 0.25) is 0 Å². The normalized spacial score (nSPS) is 14.1. The van der Waals surface area contributed by atoms with Gasteiger partial charge in [-0.1, -0.05) is 32.9 Å². The molecule has 1 rings (SSSR count). The zero-order valence-corrected chi connectivity index (χ0v) is 10.5. The molecule has 1 aromatic heterocycles. The Morgan fingerprint density at radius 3 is 2.69 bits per heavy atom. The quantitative estimate of drug-likeness (QED) is 0.779. The number of nitrogens with two attached hydrogens (primary N) is 1. The van der Waals surface area contributed by atoms with Crippen LogP contribution in [0.15, 0.2) is 4.52 Å². The largest absolute Gasteiger partial charge is 0.373 e. The van der Waals surface area contributed by atoms with Crippen molar-refractivity contribution >= 4 is 0 Å². The minimum atomic E-state index is -0.250. The van der Waals surface area contributed by atoms with Crippen molar-refractivity contribution in [2.45, 2.75) is 46.8 Å². The van der Waals surface area contributed by atoms with E-state index in [4.69, 9.17) is 15.0 Å². The summed E-state index contributed by atoms with van der Waals surface area (Å²) in [5.41, 5.74) is 5.91. The zero-order valence-electron chi connectivity index (χ0n) is 10.5. The summed E-state index contributed by atoms with van der Waals surface area (Å²) in [7, 11) is 0.